The SMILES string of the molecule is c1ccc2c(c1)oc1cc3c(cc12)c1ccccc1n3-c1cccc2c1oc1ccccc12. The molecular weight excluding hydrogens is 406 g/mol. The van der Waals surface area contributed by atoms with Gasteiger partial charge in [0.25, 0.3) is 0 Å². The number of hydrogen-bond donors (Lipinski definition) is 0. The van der Waals surface area contributed by atoms with Crippen molar-refractivity contribution in [2.75, 3.05) is 0 Å². The molecule has 0 radical (unpaired) electrons. The van der Waals surface area contributed by atoms with E-state index >= 15 is 0 Å². The van der Waals surface area contributed by atoms with Crippen LogP contribution in [-0.4, -0.2) is 4.57 Å². The molecule has 3 heteroatoms. The monoisotopic (exact) mass is 423 g/mol. The fourth-order valence-electron chi connectivity index (χ4n) is 5.36. The molecule has 0 unspecified atom stereocenters. The molecule has 0 saturated carbocycles. The molecule has 0 aliphatic rings. The summed E-state index contributed by atoms with van der Waals surface area (Å²) in [6.45, 7) is 0. The third-order valence-electron chi connectivity index (χ3n) is 6.80. The summed E-state index contributed by atoms with van der Waals surface area (Å²) in [5, 5.41) is 6.97. The lowest BCUT2D eigenvalue weighted by Gasteiger charge is -2.08. The zero-order chi connectivity index (χ0) is 21.5. The summed E-state index contributed by atoms with van der Waals surface area (Å²) in [6.07, 6.45) is 0. The van der Waals surface area contributed by atoms with Crippen molar-refractivity contribution in [3.63, 3.8) is 0 Å². The van der Waals surface area contributed by atoms with E-state index in [0.717, 1.165) is 60.6 Å². The van der Waals surface area contributed by atoms with Crippen molar-refractivity contribution in [2.45, 2.75) is 0 Å². The summed E-state index contributed by atoms with van der Waals surface area (Å²) in [7, 11) is 0. The van der Waals surface area contributed by atoms with Crippen LogP contribution in [0.4, 0.5) is 0 Å². The fraction of sp³-hybridized carbons (Fsp3) is 0. The van der Waals surface area contributed by atoms with Gasteiger partial charge in [-0.3, -0.25) is 0 Å². The van der Waals surface area contributed by atoms with E-state index in [9.17, 15) is 0 Å². The van der Waals surface area contributed by atoms with Crippen molar-refractivity contribution < 1.29 is 8.83 Å². The first-order chi connectivity index (χ1) is 16.4. The van der Waals surface area contributed by atoms with Crippen molar-refractivity contribution in [1.29, 1.82) is 0 Å². The van der Waals surface area contributed by atoms with Gasteiger partial charge in [-0.2, -0.15) is 0 Å². The van der Waals surface area contributed by atoms with Crippen LogP contribution in [0.5, 0.6) is 0 Å². The third-order valence-corrected chi connectivity index (χ3v) is 6.80. The molecule has 0 N–H and O–H groups in total. The Labute approximate surface area is 188 Å². The Bertz CT molecular complexity index is 2030. The summed E-state index contributed by atoms with van der Waals surface area (Å²) >= 11 is 0. The maximum atomic E-state index is 6.40. The second-order valence-electron chi connectivity index (χ2n) is 8.57. The summed E-state index contributed by atoms with van der Waals surface area (Å²) in [6, 6.07) is 35.9. The van der Waals surface area contributed by atoms with Crippen molar-refractivity contribution >= 4 is 65.7 Å². The van der Waals surface area contributed by atoms with E-state index in [1.165, 1.54) is 10.8 Å². The van der Waals surface area contributed by atoms with Gasteiger partial charge in [-0.15, -0.1) is 0 Å². The first-order valence-corrected chi connectivity index (χ1v) is 11.1. The maximum Gasteiger partial charge on any atom is 0.159 e. The number of fused-ring (bicyclic) bond motifs is 9. The third kappa shape index (κ3) is 2.18. The van der Waals surface area contributed by atoms with E-state index in [2.05, 4.69) is 83.4 Å². The Morgan fingerprint density at radius 1 is 0.424 bits per heavy atom. The molecule has 0 saturated heterocycles. The van der Waals surface area contributed by atoms with Crippen LogP contribution in [0.15, 0.2) is 112 Å². The van der Waals surface area contributed by atoms with Crippen LogP contribution in [-0.2, 0) is 0 Å². The molecule has 0 aliphatic heterocycles. The van der Waals surface area contributed by atoms with Crippen LogP contribution >= 0.6 is 0 Å². The summed E-state index contributed by atoms with van der Waals surface area (Å²) < 4.78 is 15.0. The van der Waals surface area contributed by atoms with Gasteiger partial charge in [0.1, 0.15) is 16.7 Å². The fourth-order valence-corrected chi connectivity index (χ4v) is 5.36. The molecule has 0 spiro atoms. The average Bonchev–Trinajstić information content (AvgIpc) is 3.52. The summed E-state index contributed by atoms with van der Waals surface area (Å²) in [5.41, 5.74) is 6.89. The minimum absolute atomic E-state index is 0.893. The first-order valence-electron chi connectivity index (χ1n) is 11.1. The van der Waals surface area contributed by atoms with Gasteiger partial charge in [0.05, 0.1) is 16.7 Å². The maximum absolute atomic E-state index is 6.40. The van der Waals surface area contributed by atoms with Gasteiger partial charge in [-0.1, -0.05) is 66.7 Å². The van der Waals surface area contributed by atoms with Crippen LogP contribution in [0.3, 0.4) is 0 Å². The van der Waals surface area contributed by atoms with Gasteiger partial charge >= 0.3 is 0 Å². The molecule has 0 fully saturated rings. The Kier molecular flexibility index (Phi) is 3.14. The highest BCUT2D eigenvalue weighted by molar-refractivity contribution is 6.18. The van der Waals surface area contributed by atoms with Gasteiger partial charge in [-0.25, -0.2) is 0 Å². The van der Waals surface area contributed by atoms with Crippen LogP contribution in [0.2, 0.25) is 0 Å². The molecule has 3 nitrogen and oxygen atoms in total. The highest BCUT2D eigenvalue weighted by atomic mass is 16.3. The first kappa shape index (κ1) is 17.1. The molecule has 0 atom stereocenters. The predicted octanol–water partition coefficient (Wildman–Crippen LogP) is 8.58. The summed E-state index contributed by atoms with van der Waals surface area (Å²) in [4.78, 5) is 0. The van der Waals surface area contributed by atoms with E-state index in [4.69, 9.17) is 8.83 Å². The van der Waals surface area contributed by atoms with Crippen molar-refractivity contribution in [1.82, 2.24) is 4.57 Å². The Morgan fingerprint density at radius 3 is 1.94 bits per heavy atom. The van der Waals surface area contributed by atoms with Gasteiger partial charge in [-0.05, 0) is 30.3 Å². The zero-order valence-electron chi connectivity index (χ0n) is 17.6. The molecular formula is C30H17NO2. The second-order valence-corrected chi connectivity index (χ2v) is 8.57. The smallest absolute Gasteiger partial charge is 0.159 e. The zero-order valence-corrected chi connectivity index (χ0v) is 17.6. The minimum Gasteiger partial charge on any atom is -0.456 e. The van der Waals surface area contributed by atoms with E-state index in [1.807, 2.05) is 24.3 Å². The number of rotatable bonds is 1. The number of hydrogen-bond acceptors (Lipinski definition) is 2. The number of furan rings is 2. The molecule has 154 valence electrons. The Balaban J connectivity index is 1.57. The molecule has 0 bridgehead atoms. The van der Waals surface area contributed by atoms with E-state index in [1.54, 1.807) is 0 Å². The van der Waals surface area contributed by atoms with Crippen molar-refractivity contribution in [2.24, 2.45) is 0 Å². The molecule has 5 aromatic carbocycles. The number of para-hydroxylation sites is 4. The lowest BCUT2D eigenvalue weighted by Crippen LogP contribution is -1.94. The molecule has 3 aromatic heterocycles. The Morgan fingerprint density at radius 2 is 1.09 bits per heavy atom. The van der Waals surface area contributed by atoms with E-state index in [0.29, 0.717) is 0 Å². The van der Waals surface area contributed by atoms with Gasteiger partial charge in [0.15, 0.2) is 5.58 Å². The van der Waals surface area contributed by atoms with Gasteiger partial charge in [0, 0.05) is 38.4 Å². The van der Waals surface area contributed by atoms with E-state index < -0.39 is 0 Å². The normalized spacial score (nSPS) is 12.2. The standard InChI is InChI=1S/C30H17NO2/c1-4-12-24-18(8-1)22-16-23-20-10-3-5-14-27(20)32-29(23)17-26(22)31(24)25-13-7-11-21-19-9-2-6-15-28(19)33-30(21)25/h1-17H. The van der Waals surface area contributed by atoms with Crippen LogP contribution in [0.1, 0.15) is 0 Å². The lowest BCUT2D eigenvalue weighted by atomic mass is 10.1. The van der Waals surface area contributed by atoms with Crippen LogP contribution in [0, 0.1) is 0 Å². The molecule has 0 aliphatic carbocycles. The van der Waals surface area contributed by atoms with Crippen molar-refractivity contribution in [3.05, 3.63) is 103 Å². The molecule has 33 heavy (non-hydrogen) atoms. The topological polar surface area (TPSA) is 31.2 Å². The van der Waals surface area contributed by atoms with Gasteiger partial charge < -0.3 is 13.4 Å². The number of benzene rings is 5. The number of aromatic nitrogens is 1. The molecule has 8 aromatic rings. The largest absolute Gasteiger partial charge is 0.456 e. The second kappa shape index (κ2) is 6.05. The Hall–Kier alpha value is -4.50. The minimum atomic E-state index is 0.893. The summed E-state index contributed by atoms with van der Waals surface area (Å²) in [5.74, 6) is 0. The highest BCUT2D eigenvalue weighted by Crippen LogP contribution is 2.40. The number of nitrogens with zero attached hydrogens (tertiary/aromatic N) is 1. The lowest BCUT2D eigenvalue weighted by molar-refractivity contribution is 0.665. The van der Waals surface area contributed by atoms with Crippen molar-refractivity contribution in [3.8, 4) is 5.69 Å². The highest BCUT2D eigenvalue weighted by Gasteiger charge is 2.19. The molecule has 8 rings (SSSR count). The van der Waals surface area contributed by atoms with Crippen LogP contribution in [0.25, 0.3) is 71.4 Å². The quantitative estimate of drug-likeness (QED) is 0.265. The molecule has 0 amide bonds. The average molecular weight is 423 g/mol. The van der Waals surface area contributed by atoms with E-state index in [-0.39, 0.29) is 0 Å². The van der Waals surface area contributed by atoms with Gasteiger partial charge in [0.2, 0.25) is 0 Å². The molecule has 3 heterocycles. The predicted molar refractivity (Wildman–Crippen MR) is 135 cm³/mol. The van der Waals surface area contributed by atoms with Crippen LogP contribution < -0.4 is 0 Å².